The highest BCUT2D eigenvalue weighted by molar-refractivity contribution is 6.11. The lowest BCUT2D eigenvalue weighted by molar-refractivity contribution is 0.102. The number of ether oxygens (including phenoxy) is 1. The molecule has 150 valence electrons. The number of anilines is 1. The Balaban J connectivity index is 1.45. The van der Waals surface area contributed by atoms with Crippen LogP contribution in [0.5, 0.6) is 11.5 Å². The first-order chi connectivity index (χ1) is 15.3. The van der Waals surface area contributed by atoms with E-state index in [2.05, 4.69) is 30.7 Å². The predicted molar refractivity (Wildman–Crippen MR) is 116 cm³/mol. The average Bonchev–Trinajstić information content (AvgIpc) is 3.24. The minimum absolute atomic E-state index is 0.290. The molecular weight excluding hydrogens is 392 g/mol. The van der Waals surface area contributed by atoms with Gasteiger partial charge in [-0.05, 0) is 42.0 Å². The molecule has 0 aliphatic heterocycles. The summed E-state index contributed by atoms with van der Waals surface area (Å²) >= 11 is 0. The summed E-state index contributed by atoms with van der Waals surface area (Å²) in [5.41, 5.74) is 3.34. The number of carbonyl (C=O) groups excluding carboxylic acids is 1. The van der Waals surface area contributed by atoms with E-state index in [1.54, 1.807) is 18.5 Å². The molecule has 5 aromatic rings. The number of H-pyrrole nitrogens is 1. The number of nitrogens with one attached hydrogen (secondary N) is 2. The maximum atomic E-state index is 12.7. The third-order valence-electron chi connectivity index (χ3n) is 4.65. The molecular formula is C23H16N6O2. The maximum absolute atomic E-state index is 12.7. The molecule has 5 rings (SSSR count). The number of amides is 1. The molecule has 0 aliphatic carbocycles. The second-order valence-electron chi connectivity index (χ2n) is 6.74. The zero-order chi connectivity index (χ0) is 21.0. The number of pyridine rings is 1. The number of benzene rings is 2. The van der Waals surface area contributed by atoms with Crippen molar-refractivity contribution in [2.45, 2.75) is 0 Å². The van der Waals surface area contributed by atoms with Gasteiger partial charge in [0.05, 0.1) is 29.8 Å². The van der Waals surface area contributed by atoms with Gasteiger partial charge >= 0.3 is 0 Å². The van der Waals surface area contributed by atoms with Crippen LogP contribution in [0.2, 0.25) is 0 Å². The molecule has 8 nitrogen and oxygen atoms in total. The Bertz CT molecular complexity index is 1350. The van der Waals surface area contributed by atoms with Gasteiger partial charge in [-0.3, -0.25) is 14.9 Å². The van der Waals surface area contributed by atoms with Crippen LogP contribution >= 0.6 is 0 Å². The zero-order valence-corrected chi connectivity index (χ0v) is 16.2. The van der Waals surface area contributed by atoms with E-state index in [0.717, 1.165) is 22.4 Å². The van der Waals surface area contributed by atoms with Crippen LogP contribution in [0.4, 0.5) is 5.69 Å². The van der Waals surface area contributed by atoms with Crippen LogP contribution in [0.25, 0.3) is 22.0 Å². The van der Waals surface area contributed by atoms with Crippen molar-refractivity contribution in [3.05, 3.63) is 91.1 Å². The smallest absolute Gasteiger partial charge is 0.276 e. The Morgan fingerprint density at radius 1 is 0.871 bits per heavy atom. The van der Waals surface area contributed by atoms with Gasteiger partial charge in [0.2, 0.25) is 0 Å². The van der Waals surface area contributed by atoms with Gasteiger partial charge in [0, 0.05) is 17.1 Å². The molecule has 0 saturated carbocycles. The van der Waals surface area contributed by atoms with E-state index in [9.17, 15) is 4.79 Å². The van der Waals surface area contributed by atoms with Crippen molar-refractivity contribution >= 4 is 22.5 Å². The second kappa shape index (κ2) is 8.03. The lowest BCUT2D eigenvalue weighted by Crippen LogP contribution is -2.13. The fraction of sp³-hybridized carbons (Fsp3) is 0. The number of nitrogens with zero attached hydrogens (tertiary/aromatic N) is 4. The van der Waals surface area contributed by atoms with E-state index in [-0.39, 0.29) is 5.91 Å². The number of rotatable bonds is 5. The Kier molecular flexibility index (Phi) is 4.78. The zero-order valence-electron chi connectivity index (χ0n) is 16.2. The van der Waals surface area contributed by atoms with Crippen LogP contribution in [-0.2, 0) is 0 Å². The number of carbonyl (C=O) groups is 1. The number of fused-ring (bicyclic) bond motifs is 1. The fourth-order valence-electron chi connectivity index (χ4n) is 3.18. The molecule has 2 N–H and O–H groups in total. The van der Waals surface area contributed by atoms with Crippen LogP contribution in [0.3, 0.4) is 0 Å². The van der Waals surface area contributed by atoms with Gasteiger partial charge in [-0.15, -0.1) is 0 Å². The van der Waals surface area contributed by atoms with E-state index in [4.69, 9.17) is 4.74 Å². The summed E-state index contributed by atoms with van der Waals surface area (Å²) in [5.74, 6) is 1.02. The first-order valence-electron chi connectivity index (χ1n) is 9.51. The number of hydrogen-bond acceptors (Lipinski definition) is 6. The minimum Gasteiger partial charge on any atom is -0.456 e. The number of para-hydroxylation sites is 1. The largest absolute Gasteiger partial charge is 0.456 e. The molecule has 3 aromatic heterocycles. The van der Waals surface area contributed by atoms with Gasteiger partial charge in [-0.2, -0.15) is 15.3 Å². The van der Waals surface area contributed by atoms with Crippen molar-refractivity contribution in [2.75, 3.05) is 5.32 Å². The quantitative estimate of drug-likeness (QED) is 0.445. The summed E-state index contributed by atoms with van der Waals surface area (Å²) in [6, 6.07) is 18.8. The standard InChI is InChI=1S/C23H16N6O2/c30-23(27-17-8-9-25-26-13-17)22-20-11-15(6-7-21(20)28-29-22)16-10-19(14-24-12-16)31-18-4-2-1-3-5-18/h1-14H,(H,28,29)(H,25,27,30). The molecule has 8 heteroatoms. The topological polar surface area (TPSA) is 106 Å². The summed E-state index contributed by atoms with van der Waals surface area (Å²) in [7, 11) is 0. The monoisotopic (exact) mass is 408 g/mol. The van der Waals surface area contributed by atoms with E-state index in [0.29, 0.717) is 22.5 Å². The molecule has 31 heavy (non-hydrogen) atoms. The third-order valence-corrected chi connectivity index (χ3v) is 4.65. The molecule has 0 atom stereocenters. The van der Waals surface area contributed by atoms with Crippen molar-refractivity contribution in [3.8, 4) is 22.6 Å². The average molecular weight is 408 g/mol. The molecule has 0 spiro atoms. The van der Waals surface area contributed by atoms with Crippen LogP contribution in [0, 0.1) is 0 Å². The minimum atomic E-state index is -0.337. The van der Waals surface area contributed by atoms with Crippen LogP contribution < -0.4 is 10.1 Å². The van der Waals surface area contributed by atoms with E-state index >= 15 is 0 Å². The first-order valence-corrected chi connectivity index (χ1v) is 9.51. The molecule has 0 aliphatic rings. The summed E-state index contributed by atoms with van der Waals surface area (Å²) in [4.78, 5) is 17.0. The van der Waals surface area contributed by atoms with Crippen molar-refractivity contribution in [2.24, 2.45) is 0 Å². The van der Waals surface area contributed by atoms with E-state index < -0.39 is 0 Å². The Morgan fingerprint density at radius 3 is 2.61 bits per heavy atom. The van der Waals surface area contributed by atoms with Gasteiger partial charge in [-0.25, -0.2) is 0 Å². The molecule has 0 bridgehead atoms. The maximum Gasteiger partial charge on any atom is 0.276 e. The SMILES string of the molecule is O=C(Nc1ccnnc1)c1n[nH]c2ccc(-c3cncc(Oc4ccccc4)c3)cc12. The number of aromatic nitrogens is 5. The summed E-state index contributed by atoms with van der Waals surface area (Å²) in [5, 5.41) is 18.0. The second-order valence-corrected chi connectivity index (χ2v) is 6.74. The van der Waals surface area contributed by atoms with Crippen LogP contribution in [-0.4, -0.2) is 31.3 Å². The molecule has 0 unspecified atom stereocenters. The van der Waals surface area contributed by atoms with Crippen molar-refractivity contribution < 1.29 is 9.53 Å². The van der Waals surface area contributed by atoms with E-state index in [1.165, 1.54) is 12.4 Å². The summed E-state index contributed by atoms with van der Waals surface area (Å²) < 4.78 is 5.89. The molecule has 2 aromatic carbocycles. The Morgan fingerprint density at radius 2 is 1.77 bits per heavy atom. The van der Waals surface area contributed by atoms with Crippen molar-refractivity contribution in [1.29, 1.82) is 0 Å². The van der Waals surface area contributed by atoms with E-state index in [1.807, 2.05) is 54.6 Å². The Labute approximate surface area is 176 Å². The molecule has 0 saturated heterocycles. The molecule has 0 radical (unpaired) electrons. The van der Waals surface area contributed by atoms with Gasteiger partial charge in [0.1, 0.15) is 11.5 Å². The highest BCUT2D eigenvalue weighted by Gasteiger charge is 2.15. The summed E-state index contributed by atoms with van der Waals surface area (Å²) in [6.07, 6.45) is 6.39. The van der Waals surface area contributed by atoms with Gasteiger partial charge in [-0.1, -0.05) is 24.3 Å². The highest BCUT2D eigenvalue weighted by atomic mass is 16.5. The third kappa shape index (κ3) is 3.95. The fourth-order valence-corrected chi connectivity index (χ4v) is 3.18. The van der Waals surface area contributed by atoms with Crippen LogP contribution in [0.15, 0.2) is 85.5 Å². The highest BCUT2D eigenvalue weighted by Crippen LogP contribution is 2.29. The number of aromatic amines is 1. The predicted octanol–water partition coefficient (Wildman–Crippen LogP) is 4.46. The molecule has 3 heterocycles. The van der Waals surface area contributed by atoms with Crippen LogP contribution in [0.1, 0.15) is 10.5 Å². The molecule has 1 amide bonds. The van der Waals surface area contributed by atoms with Gasteiger partial charge in [0.25, 0.3) is 5.91 Å². The first kappa shape index (κ1) is 18.4. The lowest BCUT2D eigenvalue weighted by Gasteiger charge is -2.08. The summed E-state index contributed by atoms with van der Waals surface area (Å²) in [6.45, 7) is 0. The lowest BCUT2D eigenvalue weighted by atomic mass is 10.0. The van der Waals surface area contributed by atoms with Gasteiger partial charge in [0.15, 0.2) is 5.69 Å². The Hall–Kier alpha value is -4.59. The normalized spacial score (nSPS) is 10.7. The number of hydrogen-bond donors (Lipinski definition) is 2. The van der Waals surface area contributed by atoms with Gasteiger partial charge < -0.3 is 10.1 Å². The molecule has 0 fully saturated rings. The van der Waals surface area contributed by atoms with Crippen molar-refractivity contribution in [1.82, 2.24) is 25.4 Å². The van der Waals surface area contributed by atoms with Crippen molar-refractivity contribution in [3.63, 3.8) is 0 Å².